The summed E-state index contributed by atoms with van der Waals surface area (Å²) in [5.41, 5.74) is -0.179. The number of carboxylic acids is 2. The van der Waals surface area contributed by atoms with Gasteiger partial charge >= 0.3 is 11.9 Å². The molecule has 0 fully saturated rings. The monoisotopic (exact) mass is 695 g/mol. The lowest BCUT2D eigenvalue weighted by atomic mass is 10.0. The van der Waals surface area contributed by atoms with Gasteiger partial charge in [0.2, 0.25) is 0 Å². The van der Waals surface area contributed by atoms with Gasteiger partial charge in [-0.25, -0.2) is 9.59 Å². The number of aromatic carboxylic acids is 2. The molecule has 1 rings (SSSR count). The highest BCUT2D eigenvalue weighted by Gasteiger charge is 2.21. The van der Waals surface area contributed by atoms with Crippen LogP contribution in [-0.4, -0.2) is 35.4 Å². The van der Waals surface area contributed by atoms with E-state index in [9.17, 15) is 19.8 Å². The van der Waals surface area contributed by atoms with E-state index >= 15 is 0 Å². The van der Waals surface area contributed by atoms with Gasteiger partial charge in [0, 0.05) is 12.8 Å². The van der Waals surface area contributed by atoms with Crippen molar-refractivity contribution in [1.82, 2.24) is 0 Å². The van der Waals surface area contributed by atoms with E-state index in [1.807, 2.05) is 0 Å². The second kappa shape index (κ2) is 33.0. The lowest BCUT2D eigenvalue weighted by Crippen LogP contribution is -2.10. The van der Waals surface area contributed by atoms with Crippen molar-refractivity contribution in [1.29, 1.82) is 0 Å². The van der Waals surface area contributed by atoms with Crippen LogP contribution in [0.15, 0.2) is 12.1 Å². The van der Waals surface area contributed by atoms with E-state index in [1.165, 1.54) is 141 Å². The highest BCUT2D eigenvalue weighted by Crippen LogP contribution is 2.30. The molecule has 0 aliphatic carbocycles. The van der Waals surface area contributed by atoms with Crippen LogP contribution in [0.5, 0.6) is 11.5 Å². The summed E-state index contributed by atoms with van der Waals surface area (Å²) in [6.07, 6.45) is 33.7. The number of carbonyl (C=O) groups is 2. The van der Waals surface area contributed by atoms with E-state index in [1.54, 1.807) is 0 Å². The minimum Gasteiger partial charge on any atom is -0.493 e. The third kappa shape index (κ3) is 24.9. The van der Waals surface area contributed by atoms with Crippen LogP contribution in [-0.2, 0) is 0 Å². The van der Waals surface area contributed by atoms with Gasteiger partial charge in [-0.3, -0.25) is 0 Å². The van der Waals surface area contributed by atoms with E-state index in [0.29, 0.717) is 19.4 Å². The Hall–Kier alpha value is -3.12. The summed E-state index contributed by atoms with van der Waals surface area (Å²) >= 11 is 0. The maximum absolute atomic E-state index is 12.0. The van der Waals surface area contributed by atoms with Crippen molar-refractivity contribution < 1.29 is 29.3 Å². The molecule has 6 nitrogen and oxygen atoms in total. The first-order chi connectivity index (χ1) is 24.5. The topological polar surface area (TPSA) is 93.1 Å². The highest BCUT2D eigenvalue weighted by molar-refractivity contribution is 5.97. The molecule has 2 N–H and O–H groups in total. The molecule has 0 aliphatic heterocycles. The molecule has 0 saturated carbocycles. The van der Waals surface area contributed by atoms with Crippen LogP contribution in [0, 0.1) is 23.7 Å². The molecule has 0 unspecified atom stereocenters. The summed E-state index contributed by atoms with van der Waals surface area (Å²) in [5, 5.41) is 19.5. The highest BCUT2D eigenvalue weighted by atomic mass is 16.5. The molecular weight excluding hydrogens is 624 g/mol. The molecule has 0 heterocycles. The fourth-order valence-electron chi connectivity index (χ4n) is 6.02. The molecule has 6 heteroatoms. The lowest BCUT2D eigenvalue weighted by molar-refractivity contribution is 0.0672. The number of hydrogen-bond acceptors (Lipinski definition) is 4. The first-order valence-electron chi connectivity index (χ1n) is 20.4. The second-order valence-electron chi connectivity index (χ2n) is 13.7. The number of benzene rings is 1. The Balaban J connectivity index is 2.26. The van der Waals surface area contributed by atoms with Gasteiger partial charge < -0.3 is 19.7 Å². The number of rotatable bonds is 33. The van der Waals surface area contributed by atoms with Gasteiger partial charge in [0.05, 0.1) is 13.2 Å². The Morgan fingerprint density at radius 2 is 0.740 bits per heavy atom. The molecule has 0 aliphatic rings. The minimum absolute atomic E-state index is 0.0440. The number of carboxylic acid groups (broad SMARTS) is 2. The SMILES string of the molecule is CCCCCCCCCCC#CC#CCCCCOc1cc(C(=O)O)c(OCCCCCCCCCCCCCCCCCC)cc1C(=O)O. The molecule has 282 valence electrons. The van der Waals surface area contributed by atoms with E-state index in [2.05, 4.69) is 37.5 Å². The standard InChI is InChI=1S/C44H70O6/c1-3-5-7-9-11-13-15-17-19-21-23-25-27-29-31-33-35-49-41-37-40(44(47)48)42(38-39(41)43(45)46)50-36-34-32-30-28-26-24-22-20-18-16-14-12-10-8-6-4-2/h37-38H,3-21,23,25,27,29-36H2,1-2H3,(H,45,46)(H,47,48). The average molecular weight is 695 g/mol. The van der Waals surface area contributed by atoms with E-state index < -0.39 is 11.9 Å². The Morgan fingerprint density at radius 1 is 0.460 bits per heavy atom. The molecule has 1 aromatic carbocycles. The Labute approximate surface area is 305 Å². The minimum atomic E-state index is -1.18. The summed E-state index contributed by atoms with van der Waals surface area (Å²) in [7, 11) is 0. The van der Waals surface area contributed by atoms with Crippen LogP contribution in [0.25, 0.3) is 0 Å². The predicted octanol–water partition coefficient (Wildman–Crippen LogP) is 12.8. The van der Waals surface area contributed by atoms with Gasteiger partial charge in [0.25, 0.3) is 0 Å². The summed E-state index contributed by atoms with van der Waals surface area (Å²) in [5.74, 6) is 9.80. The van der Waals surface area contributed by atoms with Crippen molar-refractivity contribution in [3.05, 3.63) is 23.3 Å². The molecule has 50 heavy (non-hydrogen) atoms. The molecule has 0 amide bonds. The molecule has 0 radical (unpaired) electrons. The normalized spacial score (nSPS) is 10.6. The molecule has 1 aromatic rings. The van der Waals surface area contributed by atoms with Crippen molar-refractivity contribution >= 4 is 11.9 Å². The maximum Gasteiger partial charge on any atom is 0.339 e. The third-order valence-corrected chi connectivity index (χ3v) is 9.15. The number of ether oxygens (including phenoxy) is 2. The summed E-state index contributed by atoms with van der Waals surface area (Å²) < 4.78 is 11.5. The van der Waals surface area contributed by atoms with Crippen LogP contribution >= 0.6 is 0 Å². The van der Waals surface area contributed by atoms with Gasteiger partial charge in [-0.2, -0.15) is 0 Å². The molecular formula is C44H70O6. The first-order valence-corrected chi connectivity index (χ1v) is 20.4. The fraction of sp³-hybridized carbons (Fsp3) is 0.727. The smallest absolute Gasteiger partial charge is 0.339 e. The second-order valence-corrected chi connectivity index (χ2v) is 13.7. The summed E-state index contributed by atoms with van der Waals surface area (Å²) in [6.45, 7) is 5.12. The first kappa shape index (κ1) is 44.9. The lowest BCUT2D eigenvalue weighted by Gasteiger charge is -2.14. The number of hydrogen-bond donors (Lipinski definition) is 2. The Morgan fingerprint density at radius 3 is 1.08 bits per heavy atom. The Bertz CT molecular complexity index is 1130. The van der Waals surface area contributed by atoms with Crippen molar-refractivity contribution in [2.24, 2.45) is 0 Å². The molecule has 0 spiro atoms. The zero-order valence-electron chi connectivity index (χ0n) is 31.9. The van der Waals surface area contributed by atoms with Crippen molar-refractivity contribution in [2.75, 3.05) is 13.2 Å². The predicted molar refractivity (Wildman–Crippen MR) is 208 cm³/mol. The Kier molecular flexibility index (Phi) is 29.7. The fourth-order valence-corrected chi connectivity index (χ4v) is 6.02. The van der Waals surface area contributed by atoms with E-state index in [-0.39, 0.29) is 29.2 Å². The van der Waals surface area contributed by atoms with Crippen molar-refractivity contribution in [2.45, 2.75) is 194 Å². The van der Waals surface area contributed by atoms with Gasteiger partial charge in [-0.15, -0.1) is 0 Å². The summed E-state index contributed by atoms with van der Waals surface area (Å²) in [6, 6.07) is 2.56. The van der Waals surface area contributed by atoms with Crippen LogP contribution in [0.2, 0.25) is 0 Å². The number of unbranched alkanes of at least 4 members (excludes halogenated alkanes) is 25. The third-order valence-electron chi connectivity index (χ3n) is 9.15. The van der Waals surface area contributed by atoms with E-state index in [0.717, 1.165) is 38.5 Å². The van der Waals surface area contributed by atoms with Crippen LogP contribution in [0.1, 0.15) is 214 Å². The zero-order valence-corrected chi connectivity index (χ0v) is 31.9. The zero-order chi connectivity index (χ0) is 36.3. The molecule has 0 aromatic heterocycles. The average Bonchev–Trinajstić information content (AvgIpc) is 3.10. The van der Waals surface area contributed by atoms with Gasteiger partial charge in [0.15, 0.2) is 0 Å². The van der Waals surface area contributed by atoms with Gasteiger partial charge in [-0.1, -0.05) is 167 Å². The van der Waals surface area contributed by atoms with Crippen molar-refractivity contribution in [3.8, 4) is 35.2 Å². The molecule has 0 bridgehead atoms. The van der Waals surface area contributed by atoms with Crippen LogP contribution < -0.4 is 9.47 Å². The van der Waals surface area contributed by atoms with Gasteiger partial charge in [-0.05, 0) is 49.7 Å². The largest absolute Gasteiger partial charge is 0.493 e. The van der Waals surface area contributed by atoms with Crippen LogP contribution in [0.3, 0.4) is 0 Å². The van der Waals surface area contributed by atoms with Crippen LogP contribution in [0.4, 0.5) is 0 Å². The van der Waals surface area contributed by atoms with Crippen molar-refractivity contribution in [3.63, 3.8) is 0 Å². The van der Waals surface area contributed by atoms with E-state index in [4.69, 9.17) is 9.47 Å². The maximum atomic E-state index is 12.0. The quantitative estimate of drug-likeness (QED) is 0.0562. The molecule has 0 saturated heterocycles. The summed E-state index contributed by atoms with van der Waals surface area (Å²) in [4.78, 5) is 23.9. The molecule has 0 atom stereocenters. The van der Waals surface area contributed by atoms with Gasteiger partial charge in [0.1, 0.15) is 22.6 Å².